The van der Waals surface area contributed by atoms with Crippen molar-refractivity contribution in [1.29, 1.82) is 0 Å². The molecule has 1 unspecified atom stereocenters. The van der Waals surface area contributed by atoms with E-state index < -0.39 is 6.10 Å². The first-order chi connectivity index (χ1) is 8.58. The van der Waals surface area contributed by atoms with Gasteiger partial charge in [0.2, 0.25) is 0 Å². The first-order valence-electron chi connectivity index (χ1n) is 5.60. The van der Waals surface area contributed by atoms with E-state index in [1.165, 1.54) is 0 Å². The van der Waals surface area contributed by atoms with Crippen LogP contribution in [-0.4, -0.2) is 10.1 Å². The molecule has 0 amide bonds. The average molecular weight is 282 g/mol. The molecule has 0 aliphatic carbocycles. The lowest BCUT2D eigenvalue weighted by atomic mass is 9.98. The largest absolute Gasteiger partial charge is 0.388 e. The summed E-state index contributed by atoms with van der Waals surface area (Å²) in [4.78, 5) is 3.92. The highest BCUT2D eigenvalue weighted by Crippen LogP contribution is 2.26. The fraction of sp³-hybridized carbons (Fsp3) is 0.214. The van der Waals surface area contributed by atoms with Crippen LogP contribution in [0.3, 0.4) is 0 Å². The van der Waals surface area contributed by atoms with Crippen LogP contribution in [0.1, 0.15) is 22.8 Å². The zero-order chi connectivity index (χ0) is 13.1. The van der Waals surface area contributed by atoms with E-state index in [9.17, 15) is 5.11 Å². The summed E-state index contributed by atoms with van der Waals surface area (Å²) in [6, 6.07) is 7.28. The second-order valence-corrected chi connectivity index (χ2v) is 5.03. The number of halogens is 2. The molecule has 0 fully saturated rings. The van der Waals surface area contributed by atoms with E-state index in [0.717, 1.165) is 16.7 Å². The molecular weight excluding hydrogens is 269 g/mol. The van der Waals surface area contributed by atoms with Gasteiger partial charge in [0.05, 0.1) is 11.1 Å². The van der Waals surface area contributed by atoms with E-state index in [2.05, 4.69) is 4.98 Å². The number of hydrogen-bond donors (Lipinski definition) is 1. The molecule has 2 rings (SSSR count). The van der Waals surface area contributed by atoms with Crippen LogP contribution < -0.4 is 0 Å². The normalized spacial score (nSPS) is 12.4. The van der Waals surface area contributed by atoms with Crippen molar-refractivity contribution in [2.75, 3.05) is 0 Å². The Morgan fingerprint density at radius 2 is 2.06 bits per heavy atom. The van der Waals surface area contributed by atoms with Gasteiger partial charge in [-0.1, -0.05) is 29.3 Å². The predicted molar refractivity (Wildman–Crippen MR) is 74.1 cm³/mol. The minimum absolute atomic E-state index is 0.462. The van der Waals surface area contributed by atoms with E-state index in [-0.39, 0.29) is 0 Å². The van der Waals surface area contributed by atoms with Crippen LogP contribution in [0.25, 0.3) is 0 Å². The number of aromatic nitrogens is 1. The van der Waals surface area contributed by atoms with Gasteiger partial charge in [-0.15, -0.1) is 0 Å². The molecule has 0 saturated heterocycles. The van der Waals surface area contributed by atoms with E-state index in [1.54, 1.807) is 18.5 Å². The number of aliphatic hydroxyl groups excluding tert-OH is 1. The number of nitrogens with zero attached hydrogens (tertiary/aromatic N) is 1. The van der Waals surface area contributed by atoms with Crippen molar-refractivity contribution in [3.63, 3.8) is 0 Å². The third-order valence-corrected chi connectivity index (χ3v) is 3.44. The lowest BCUT2D eigenvalue weighted by Gasteiger charge is -2.14. The Labute approximate surface area is 116 Å². The fourth-order valence-corrected chi connectivity index (χ4v) is 2.32. The molecule has 0 aliphatic rings. The topological polar surface area (TPSA) is 33.1 Å². The molecule has 1 aromatic carbocycles. The van der Waals surface area contributed by atoms with Gasteiger partial charge in [0.15, 0.2) is 0 Å². The Kier molecular flexibility index (Phi) is 4.23. The predicted octanol–water partition coefficient (Wildman–Crippen LogP) is 3.97. The average Bonchev–Trinajstić information content (AvgIpc) is 2.32. The highest BCUT2D eigenvalue weighted by molar-refractivity contribution is 6.31. The minimum atomic E-state index is -0.595. The summed E-state index contributed by atoms with van der Waals surface area (Å²) in [5.41, 5.74) is 2.72. The monoisotopic (exact) mass is 281 g/mol. The number of benzene rings is 1. The van der Waals surface area contributed by atoms with Crippen LogP contribution in [0.5, 0.6) is 0 Å². The number of pyridine rings is 1. The van der Waals surface area contributed by atoms with E-state index in [4.69, 9.17) is 23.2 Å². The maximum Gasteiger partial charge on any atom is 0.0833 e. The SMILES string of the molecule is Cc1cc(Cl)ccc1C(O)Cc1ccncc1Cl. The van der Waals surface area contributed by atoms with Crippen LogP contribution in [-0.2, 0) is 6.42 Å². The number of hydrogen-bond acceptors (Lipinski definition) is 2. The lowest BCUT2D eigenvalue weighted by Crippen LogP contribution is -2.04. The van der Waals surface area contributed by atoms with Crippen LogP contribution in [0.4, 0.5) is 0 Å². The molecule has 2 nitrogen and oxygen atoms in total. The first-order valence-corrected chi connectivity index (χ1v) is 6.36. The van der Waals surface area contributed by atoms with Gasteiger partial charge in [-0.3, -0.25) is 4.98 Å². The molecule has 18 heavy (non-hydrogen) atoms. The quantitative estimate of drug-likeness (QED) is 0.923. The van der Waals surface area contributed by atoms with Crippen LogP contribution in [0.2, 0.25) is 10.0 Å². The Morgan fingerprint density at radius 3 is 2.72 bits per heavy atom. The van der Waals surface area contributed by atoms with E-state index in [1.807, 2.05) is 25.1 Å². The summed E-state index contributed by atoms with van der Waals surface area (Å²) < 4.78 is 0. The molecule has 1 heterocycles. The summed E-state index contributed by atoms with van der Waals surface area (Å²) in [5, 5.41) is 11.5. The molecule has 1 atom stereocenters. The van der Waals surface area contributed by atoms with E-state index in [0.29, 0.717) is 16.5 Å². The van der Waals surface area contributed by atoms with Crippen LogP contribution >= 0.6 is 23.2 Å². The smallest absolute Gasteiger partial charge is 0.0833 e. The fourth-order valence-electron chi connectivity index (χ4n) is 1.90. The molecule has 2 aromatic rings. The van der Waals surface area contributed by atoms with Gasteiger partial charge in [0, 0.05) is 23.8 Å². The maximum atomic E-state index is 10.2. The van der Waals surface area contributed by atoms with Gasteiger partial charge < -0.3 is 5.11 Å². The van der Waals surface area contributed by atoms with Crippen molar-refractivity contribution in [3.8, 4) is 0 Å². The van der Waals surface area contributed by atoms with Crippen molar-refractivity contribution in [1.82, 2.24) is 4.98 Å². The standard InChI is InChI=1S/C14H13Cl2NO/c1-9-6-11(15)2-3-12(9)14(18)7-10-4-5-17-8-13(10)16/h2-6,8,14,18H,7H2,1H3. The van der Waals surface area contributed by atoms with E-state index >= 15 is 0 Å². The molecular formula is C14H13Cl2NO. The van der Waals surface area contributed by atoms with Crippen LogP contribution in [0.15, 0.2) is 36.7 Å². The summed E-state index contributed by atoms with van der Waals surface area (Å²) in [5.74, 6) is 0. The zero-order valence-electron chi connectivity index (χ0n) is 9.90. The minimum Gasteiger partial charge on any atom is -0.388 e. The van der Waals surface area contributed by atoms with Crippen molar-refractivity contribution in [3.05, 3.63) is 63.4 Å². The summed E-state index contributed by atoms with van der Waals surface area (Å²) >= 11 is 11.9. The number of rotatable bonds is 3. The lowest BCUT2D eigenvalue weighted by molar-refractivity contribution is 0.177. The summed E-state index contributed by atoms with van der Waals surface area (Å²) in [6.45, 7) is 1.93. The van der Waals surface area contributed by atoms with Gasteiger partial charge in [-0.2, -0.15) is 0 Å². The molecule has 0 spiro atoms. The van der Waals surface area contributed by atoms with Crippen molar-refractivity contribution in [2.24, 2.45) is 0 Å². The summed E-state index contributed by atoms with van der Waals surface area (Å²) in [7, 11) is 0. The molecule has 1 N–H and O–H groups in total. The highest BCUT2D eigenvalue weighted by Gasteiger charge is 2.13. The Bertz CT molecular complexity index is 557. The Hall–Kier alpha value is -1.09. The van der Waals surface area contributed by atoms with Gasteiger partial charge in [0.1, 0.15) is 0 Å². The van der Waals surface area contributed by atoms with Gasteiger partial charge in [-0.05, 0) is 41.8 Å². The van der Waals surface area contributed by atoms with Crippen molar-refractivity contribution < 1.29 is 5.11 Å². The third-order valence-electron chi connectivity index (χ3n) is 2.86. The molecule has 0 radical (unpaired) electrons. The first kappa shape index (κ1) is 13.3. The van der Waals surface area contributed by atoms with Crippen molar-refractivity contribution >= 4 is 23.2 Å². The highest BCUT2D eigenvalue weighted by atomic mass is 35.5. The maximum absolute atomic E-state index is 10.2. The number of aliphatic hydroxyl groups is 1. The zero-order valence-corrected chi connectivity index (χ0v) is 11.4. The molecule has 4 heteroatoms. The van der Waals surface area contributed by atoms with Crippen molar-refractivity contribution in [2.45, 2.75) is 19.4 Å². The molecule has 94 valence electrons. The van der Waals surface area contributed by atoms with Gasteiger partial charge in [0.25, 0.3) is 0 Å². The third kappa shape index (κ3) is 3.02. The molecule has 0 saturated carbocycles. The second-order valence-electron chi connectivity index (χ2n) is 4.19. The molecule has 1 aromatic heterocycles. The Morgan fingerprint density at radius 1 is 1.28 bits per heavy atom. The molecule has 0 bridgehead atoms. The van der Waals surface area contributed by atoms with Crippen LogP contribution in [0, 0.1) is 6.92 Å². The Balaban J connectivity index is 2.22. The van der Waals surface area contributed by atoms with Gasteiger partial charge in [-0.25, -0.2) is 0 Å². The van der Waals surface area contributed by atoms with Gasteiger partial charge >= 0.3 is 0 Å². The molecule has 0 aliphatic heterocycles. The summed E-state index contributed by atoms with van der Waals surface area (Å²) in [6.07, 6.45) is 3.12. The second kappa shape index (κ2) is 5.70. The number of aryl methyl sites for hydroxylation is 1.